The Bertz CT molecular complexity index is 729. The number of halogens is 2. The van der Waals surface area contributed by atoms with Crippen LogP contribution in [0.25, 0.3) is 0 Å². The average Bonchev–Trinajstić information content (AvgIpc) is 3.11. The summed E-state index contributed by atoms with van der Waals surface area (Å²) >= 11 is 1.65. The number of carbonyl (C=O) groups excluding carboxylic acids is 1. The summed E-state index contributed by atoms with van der Waals surface area (Å²) in [6.45, 7) is 0.0955. The Morgan fingerprint density at radius 1 is 1.23 bits per heavy atom. The van der Waals surface area contributed by atoms with Crippen molar-refractivity contribution in [2.75, 3.05) is 37.8 Å². The molecular formula is C17H21F2N5OS. The van der Waals surface area contributed by atoms with Gasteiger partial charge < -0.3 is 10.2 Å². The van der Waals surface area contributed by atoms with Crippen LogP contribution in [0.2, 0.25) is 0 Å². The number of amides is 2. The highest BCUT2D eigenvalue weighted by molar-refractivity contribution is 7.98. The lowest BCUT2D eigenvalue weighted by Gasteiger charge is -2.34. The van der Waals surface area contributed by atoms with E-state index in [1.165, 1.54) is 12.4 Å². The van der Waals surface area contributed by atoms with Crippen LogP contribution < -0.4 is 5.32 Å². The summed E-state index contributed by atoms with van der Waals surface area (Å²) in [5.41, 5.74) is 0.759. The van der Waals surface area contributed by atoms with Gasteiger partial charge in [-0.3, -0.25) is 9.47 Å². The standard InChI is InChI=1S/C17H21F2N5OS/c1-26-14-4-2-13(3-5-14)21-17(25)23-10-8-22(9-11-23)12-15-20-6-7-24(15)16(18)19/h2-7,16H,8-12H2,1H3,(H,21,25). The van der Waals surface area contributed by atoms with Crippen molar-refractivity contribution in [1.29, 1.82) is 0 Å². The fourth-order valence-corrected chi connectivity index (χ4v) is 3.24. The fraction of sp³-hybridized carbons (Fsp3) is 0.412. The van der Waals surface area contributed by atoms with Gasteiger partial charge in [-0.25, -0.2) is 9.78 Å². The molecule has 0 aliphatic carbocycles. The molecule has 1 fully saturated rings. The zero-order valence-corrected chi connectivity index (χ0v) is 15.3. The number of aromatic nitrogens is 2. The number of rotatable bonds is 5. The molecule has 0 saturated carbocycles. The van der Waals surface area contributed by atoms with Crippen molar-refractivity contribution >= 4 is 23.5 Å². The van der Waals surface area contributed by atoms with Crippen LogP contribution in [-0.4, -0.2) is 57.8 Å². The largest absolute Gasteiger partial charge is 0.322 e. The first kappa shape index (κ1) is 18.7. The number of benzene rings is 1. The van der Waals surface area contributed by atoms with Gasteiger partial charge >= 0.3 is 12.6 Å². The van der Waals surface area contributed by atoms with Crippen molar-refractivity contribution in [1.82, 2.24) is 19.4 Å². The van der Waals surface area contributed by atoms with Crippen molar-refractivity contribution in [3.05, 3.63) is 42.5 Å². The SMILES string of the molecule is CSc1ccc(NC(=O)N2CCN(Cc3nccn3C(F)F)CC2)cc1. The molecule has 1 aliphatic rings. The lowest BCUT2D eigenvalue weighted by molar-refractivity contribution is 0.0620. The zero-order chi connectivity index (χ0) is 18.5. The second-order valence-corrected chi connectivity index (χ2v) is 6.83. The zero-order valence-electron chi connectivity index (χ0n) is 14.4. The van der Waals surface area contributed by atoms with Gasteiger partial charge in [-0.05, 0) is 30.5 Å². The van der Waals surface area contributed by atoms with E-state index in [1.54, 1.807) is 16.7 Å². The maximum Gasteiger partial charge on any atom is 0.321 e. The van der Waals surface area contributed by atoms with Gasteiger partial charge in [0.15, 0.2) is 0 Å². The van der Waals surface area contributed by atoms with Gasteiger partial charge in [0.05, 0.1) is 6.54 Å². The quantitative estimate of drug-likeness (QED) is 0.807. The van der Waals surface area contributed by atoms with Crippen molar-refractivity contribution in [2.24, 2.45) is 0 Å². The van der Waals surface area contributed by atoms with E-state index in [0.29, 0.717) is 38.5 Å². The number of hydrogen-bond acceptors (Lipinski definition) is 4. The second-order valence-electron chi connectivity index (χ2n) is 5.95. The molecule has 2 heterocycles. The third-order valence-electron chi connectivity index (χ3n) is 4.32. The number of nitrogens with one attached hydrogen (secondary N) is 1. The molecule has 26 heavy (non-hydrogen) atoms. The molecule has 1 N–H and O–H groups in total. The molecule has 2 amide bonds. The highest BCUT2D eigenvalue weighted by Gasteiger charge is 2.23. The highest BCUT2D eigenvalue weighted by atomic mass is 32.2. The molecule has 1 aliphatic heterocycles. The lowest BCUT2D eigenvalue weighted by atomic mass is 10.3. The summed E-state index contributed by atoms with van der Waals surface area (Å²) in [5.74, 6) is 0.340. The molecule has 0 unspecified atom stereocenters. The number of hydrogen-bond donors (Lipinski definition) is 1. The van der Waals surface area contributed by atoms with E-state index in [0.717, 1.165) is 15.1 Å². The molecule has 0 radical (unpaired) electrons. The first-order chi connectivity index (χ1) is 12.6. The molecular weight excluding hydrogens is 360 g/mol. The van der Waals surface area contributed by atoms with Gasteiger partial charge in [0.2, 0.25) is 0 Å². The first-order valence-electron chi connectivity index (χ1n) is 8.29. The Balaban J connectivity index is 1.49. The van der Waals surface area contributed by atoms with Crippen LogP contribution >= 0.6 is 11.8 Å². The Morgan fingerprint density at radius 2 is 1.92 bits per heavy atom. The predicted molar refractivity (Wildman–Crippen MR) is 97.6 cm³/mol. The van der Waals surface area contributed by atoms with E-state index in [9.17, 15) is 13.6 Å². The van der Waals surface area contributed by atoms with Gasteiger partial charge in [-0.1, -0.05) is 0 Å². The summed E-state index contributed by atoms with van der Waals surface area (Å²) in [4.78, 5) is 21.3. The smallest absolute Gasteiger partial charge is 0.321 e. The predicted octanol–water partition coefficient (Wildman–Crippen LogP) is 3.35. The summed E-state index contributed by atoms with van der Waals surface area (Å²) in [6, 6.07) is 7.54. The molecule has 2 aromatic rings. The maximum absolute atomic E-state index is 12.9. The molecule has 140 valence electrons. The molecule has 6 nitrogen and oxygen atoms in total. The summed E-state index contributed by atoms with van der Waals surface area (Å²) < 4.78 is 26.6. The fourth-order valence-electron chi connectivity index (χ4n) is 2.83. The van der Waals surface area contributed by atoms with E-state index in [4.69, 9.17) is 0 Å². The first-order valence-corrected chi connectivity index (χ1v) is 9.51. The van der Waals surface area contributed by atoms with Crippen molar-refractivity contribution in [2.45, 2.75) is 18.0 Å². The topological polar surface area (TPSA) is 53.4 Å². The number of thioether (sulfide) groups is 1. The minimum Gasteiger partial charge on any atom is -0.322 e. The third kappa shape index (κ3) is 4.53. The van der Waals surface area contributed by atoms with Gasteiger partial charge in [0.1, 0.15) is 5.82 Å². The van der Waals surface area contributed by atoms with Crippen LogP contribution in [0.5, 0.6) is 0 Å². The molecule has 1 saturated heterocycles. The number of imidazole rings is 1. The number of urea groups is 1. The Kier molecular flexibility index (Phi) is 6.10. The number of nitrogens with zero attached hydrogens (tertiary/aromatic N) is 4. The molecule has 0 bridgehead atoms. The van der Waals surface area contributed by atoms with Crippen molar-refractivity contribution < 1.29 is 13.6 Å². The molecule has 3 rings (SSSR count). The minimum atomic E-state index is -2.59. The molecule has 0 spiro atoms. The number of carbonyl (C=O) groups is 1. The summed E-state index contributed by atoms with van der Waals surface area (Å²) in [6.07, 6.45) is 4.67. The number of anilines is 1. The van der Waals surface area contributed by atoms with E-state index >= 15 is 0 Å². The van der Waals surface area contributed by atoms with Crippen molar-refractivity contribution in [3.8, 4) is 0 Å². The monoisotopic (exact) mass is 381 g/mol. The van der Waals surface area contributed by atoms with E-state index in [-0.39, 0.29) is 6.03 Å². The minimum absolute atomic E-state index is 0.143. The Hall–Kier alpha value is -2.13. The van der Waals surface area contributed by atoms with E-state index < -0.39 is 6.55 Å². The van der Waals surface area contributed by atoms with Crippen LogP contribution in [-0.2, 0) is 6.54 Å². The van der Waals surface area contributed by atoms with Crippen LogP contribution in [0.1, 0.15) is 12.4 Å². The molecule has 0 atom stereocenters. The van der Waals surface area contributed by atoms with Crippen molar-refractivity contribution in [3.63, 3.8) is 0 Å². The maximum atomic E-state index is 12.9. The Labute approximate surface area is 155 Å². The van der Waals surface area contributed by atoms with E-state index in [1.807, 2.05) is 35.4 Å². The van der Waals surface area contributed by atoms with Gasteiger partial charge in [-0.2, -0.15) is 8.78 Å². The summed E-state index contributed by atoms with van der Waals surface area (Å²) in [5, 5.41) is 2.89. The second kappa shape index (κ2) is 8.50. The molecule has 1 aromatic carbocycles. The third-order valence-corrected chi connectivity index (χ3v) is 5.07. The van der Waals surface area contributed by atoms with Crippen LogP contribution in [0.3, 0.4) is 0 Å². The van der Waals surface area contributed by atoms with Crippen LogP contribution in [0, 0.1) is 0 Å². The average molecular weight is 381 g/mol. The highest BCUT2D eigenvalue weighted by Crippen LogP contribution is 2.18. The summed E-state index contributed by atoms with van der Waals surface area (Å²) in [7, 11) is 0. The van der Waals surface area contributed by atoms with Gasteiger partial charge in [0.25, 0.3) is 0 Å². The van der Waals surface area contributed by atoms with Crippen LogP contribution in [0.4, 0.5) is 19.3 Å². The van der Waals surface area contributed by atoms with Gasteiger partial charge in [-0.15, -0.1) is 11.8 Å². The molecule has 1 aromatic heterocycles. The normalized spacial score (nSPS) is 15.5. The number of piperazine rings is 1. The molecule has 9 heteroatoms. The number of alkyl halides is 2. The van der Waals surface area contributed by atoms with E-state index in [2.05, 4.69) is 10.3 Å². The lowest BCUT2D eigenvalue weighted by Crippen LogP contribution is -2.49. The van der Waals surface area contributed by atoms with Crippen LogP contribution in [0.15, 0.2) is 41.6 Å². The Morgan fingerprint density at radius 3 is 2.54 bits per heavy atom. The van der Waals surface area contributed by atoms with Gasteiger partial charge in [0, 0.05) is 49.2 Å².